The molecule has 112 valence electrons. The van der Waals surface area contributed by atoms with Crippen molar-refractivity contribution < 1.29 is 4.74 Å². The summed E-state index contributed by atoms with van der Waals surface area (Å²) in [6, 6.07) is 14.7. The van der Waals surface area contributed by atoms with Gasteiger partial charge in [0.15, 0.2) is 0 Å². The Kier molecular flexibility index (Phi) is 5.66. The molecule has 2 aromatic carbocycles. The van der Waals surface area contributed by atoms with Crippen molar-refractivity contribution in [1.29, 1.82) is 0 Å². The van der Waals surface area contributed by atoms with Gasteiger partial charge >= 0.3 is 0 Å². The molecule has 0 unspecified atom stereocenters. The Morgan fingerprint density at radius 3 is 2.33 bits per heavy atom. The maximum Gasteiger partial charge on any atom is 0.122 e. The predicted octanol–water partition coefficient (Wildman–Crippen LogP) is 4.73. The topological polar surface area (TPSA) is 21.3 Å². The largest absolute Gasteiger partial charge is 0.489 e. The lowest BCUT2D eigenvalue weighted by Gasteiger charge is -2.11. The molecule has 0 radical (unpaired) electrons. The Bertz CT molecular complexity index is 578. The zero-order valence-corrected chi connectivity index (χ0v) is 13.6. The van der Waals surface area contributed by atoms with Gasteiger partial charge in [0.05, 0.1) is 0 Å². The van der Waals surface area contributed by atoms with E-state index < -0.39 is 0 Å². The van der Waals surface area contributed by atoms with Gasteiger partial charge in [-0.3, -0.25) is 0 Å². The molecule has 2 rings (SSSR count). The molecule has 0 aliphatic rings. The van der Waals surface area contributed by atoms with E-state index in [1.807, 2.05) is 25.1 Å². The van der Waals surface area contributed by atoms with E-state index in [0.29, 0.717) is 12.6 Å². The van der Waals surface area contributed by atoms with Crippen LogP contribution < -0.4 is 10.1 Å². The second-order valence-corrected chi connectivity index (χ2v) is 5.99. The zero-order chi connectivity index (χ0) is 15.2. The Hall–Kier alpha value is -1.51. The van der Waals surface area contributed by atoms with Gasteiger partial charge in [0.2, 0.25) is 0 Å². The van der Waals surface area contributed by atoms with Crippen molar-refractivity contribution in [1.82, 2.24) is 5.32 Å². The summed E-state index contributed by atoms with van der Waals surface area (Å²) in [4.78, 5) is 0. The molecule has 0 aliphatic heterocycles. The van der Waals surface area contributed by atoms with Crippen LogP contribution in [0.15, 0.2) is 42.5 Å². The van der Waals surface area contributed by atoms with Crippen molar-refractivity contribution in [2.45, 2.75) is 40.0 Å². The number of aryl methyl sites for hydroxylation is 1. The number of benzene rings is 2. The Morgan fingerprint density at radius 2 is 1.71 bits per heavy atom. The van der Waals surface area contributed by atoms with E-state index in [2.05, 4.69) is 43.4 Å². The van der Waals surface area contributed by atoms with Crippen LogP contribution in [0, 0.1) is 6.92 Å². The zero-order valence-electron chi connectivity index (χ0n) is 12.8. The summed E-state index contributed by atoms with van der Waals surface area (Å²) in [6.45, 7) is 7.77. The Morgan fingerprint density at radius 1 is 1.05 bits per heavy atom. The molecule has 0 aliphatic carbocycles. The molecular formula is C18H22ClNO. The number of nitrogens with one attached hydrogen (secondary N) is 1. The van der Waals surface area contributed by atoms with E-state index in [4.69, 9.17) is 16.3 Å². The summed E-state index contributed by atoms with van der Waals surface area (Å²) in [5, 5.41) is 4.15. The lowest BCUT2D eigenvalue weighted by molar-refractivity contribution is 0.304. The minimum absolute atomic E-state index is 0.501. The van der Waals surface area contributed by atoms with E-state index in [1.165, 1.54) is 5.56 Å². The first kappa shape index (κ1) is 15.9. The van der Waals surface area contributed by atoms with Gasteiger partial charge < -0.3 is 10.1 Å². The third-order valence-electron chi connectivity index (χ3n) is 3.27. The second-order valence-electron chi connectivity index (χ2n) is 5.55. The molecule has 2 nitrogen and oxygen atoms in total. The number of hydrogen-bond acceptors (Lipinski definition) is 2. The first-order valence-corrected chi connectivity index (χ1v) is 7.62. The average molecular weight is 304 g/mol. The molecule has 21 heavy (non-hydrogen) atoms. The Balaban J connectivity index is 1.91. The van der Waals surface area contributed by atoms with Crippen molar-refractivity contribution in [3.8, 4) is 5.75 Å². The van der Waals surface area contributed by atoms with Crippen LogP contribution in [0.25, 0.3) is 0 Å². The van der Waals surface area contributed by atoms with Crippen molar-refractivity contribution in [2.24, 2.45) is 0 Å². The normalized spacial score (nSPS) is 10.9. The van der Waals surface area contributed by atoms with Gasteiger partial charge in [0, 0.05) is 17.6 Å². The van der Waals surface area contributed by atoms with Crippen LogP contribution in [0.3, 0.4) is 0 Å². The van der Waals surface area contributed by atoms with Gasteiger partial charge in [-0.15, -0.1) is 0 Å². The van der Waals surface area contributed by atoms with Crippen molar-refractivity contribution >= 4 is 11.6 Å². The van der Waals surface area contributed by atoms with E-state index in [-0.39, 0.29) is 0 Å². The molecule has 0 aromatic heterocycles. The molecule has 1 N–H and O–H groups in total. The van der Waals surface area contributed by atoms with Gasteiger partial charge in [0.25, 0.3) is 0 Å². The number of hydrogen-bond donors (Lipinski definition) is 1. The molecular weight excluding hydrogens is 282 g/mol. The molecule has 0 spiro atoms. The third-order valence-corrected chi connectivity index (χ3v) is 3.50. The van der Waals surface area contributed by atoms with Crippen molar-refractivity contribution in [3.05, 3.63) is 64.2 Å². The van der Waals surface area contributed by atoms with Crippen LogP contribution in [0.2, 0.25) is 5.02 Å². The van der Waals surface area contributed by atoms with Crippen LogP contribution in [-0.2, 0) is 13.2 Å². The minimum atomic E-state index is 0.501. The molecule has 0 fully saturated rings. The maximum atomic E-state index is 5.94. The monoisotopic (exact) mass is 303 g/mol. The van der Waals surface area contributed by atoms with Crippen LogP contribution in [0.4, 0.5) is 0 Å². The highest BCUT2D eigenvalue weighted by Crippen LogP contribution is 2.22. The summed E-state index contributed by atoms with van der Waals surface area (Å²) in [7, 11) is 0. The van der Waals surface area contributed by atoms with Gasteiger partial charge in [-0.2, -0.15) is 0 Å². The quantitative estimate of drug-likeness (QED) is 0.833. The number of halogens is 1. The molecule has 0 heterocycles. The summed E-state index contributed by atoms with van der Waals surface area (Å²) in [5.74, 6) is 0.880. The lowest BCUT2D eigenvalue weighted by atomic mass is 10.1. The smallest absolute Gasteiger partial charge is 0.122 e. The highest BCUT2D eigenvalue weighted by Gasteiger charge is 2.02. The van der Waals surface area contributed by atoms with Crippen LogP contribution in [-0.4, -0.2) is 6.04 Å². The maximum absolute atomic E-state index is 5.94. The molecule has 0 saturated heterocycles. The van der Waals surface area contributed by atoms with Gasteiger partial charge in [-0.25, -0.2) is 0 Å². The van der Waals surface area contributed by atoms with E-state index in [0.717, 1.165) is 28.4 Å². The summed E-state index contributed by atoms with van der Waals surface area (Å²) < 4.78 is 5.84. The first-order valence-electron chi connectivity index (χ1n) is 7.25. The standard InChI is InChI=1S/C18H22ClNO/c1-13(2)20-11-15-4-6-16(7-5-15)12-21-18-9-8-17(19)10-14(18)3/h4-10,13,20H,11-12H2,1-3H3. The van der Waals surface area contributed by atoms with Gasteiger partial charge in [-0.05, 0) is 41.8 Å². The molecule has 0 amide bonds. The van der Waals surface area contributed by atoms with Crippen molar-refractivity contribution in [2.75, 3.05) is 0 Å². The number of rotatable bonds is 6. The van der Waals surface area contributed by atoms with E-state index >= 15 is 0 Å². The Labute approximate surface area is 132 Å². The second kappa shape index (κ2) is 7.48. The number of ether oxygens (including phenoxy) is 1. The fourth-order valence-corrected chi connectivity index (χ4v) is 2.24. The fraction of sp³-hybridized carbons (Fsp3) is 0.333. The van der Waals surface area contributed by atoms with Gasteiger partial charge in [0.1, 0.15) is 12.4 Å². The fourth-order valence-electron chi connectivity index (χ4n) is 2.01. The molecule has 2 aromatic rings. The molecule has 3 heteroatoms. The molecule has 0 atom stereocenters. The highest BCUT2D eigenvalue weighted by atomic mass is 35.5. The van der Waals surface area contributed by atoms with Crippen LogP contribution in [0.5, 0.6) is 5.75 Å². The summed E-state index contributed by atoms with van der Waals surface area (Å²) in [5.41, 5.74) is 3.51. The third kappa shape index (κ3) is 5.07. The van der Waals surface area contributed by atoms with Gasteiger partial charge in [-0.1, -0.05) is 49.7 Å². The van der Waals surface area contributed by atoms with E-state index in [9.17, 15) is 0 Å². The summed E-state index contributed by atoms with van der Waals surface area (Å²) in [6.07, 6.45) is 0. The predicted molar refractivity (Wildman–Crippen MR) is 88.9 cm³/mol. The summed E-state index contributed by atoms with van der Waals surface area (Å²) >= 11 is 5.94. The van der Waals surface area contributed by atoms with Crippen molar-refractivity contribution in [3.63, 3.8) is 0 Å². The van der Waals surface area contributed by atoms with Crippen LogP contribution >= 0.6 is 11.6 Å². The van der Waals surface area contributed by atoms with Crippen LogP contribution in [0.1, 0.15) is 30.5 Å². The average Bonchev–Trinajstić information content (AvgIpc) is 2.45. The molecule has 0 bridgehead atoms. The SMILES string of the molecule is Cc1cc(Cl)ccc1OCc1ccc(CNC(C)C)cc1. The lowest BCUT2D eigenvalue weighted by Crippen LogP contribution is -2.21. The first-order chi connectivity index (χ1) is 10.0. The van der Waals surface area contributed by atoms with E-state index in [1.54, 1.807) is 0 Å². The molecule has 0 saturated carbocycles. The minimum Gasteiger partial charge on any atom is -0.489 e. The highest BCUT2D eigenvalue weighted by molar-refractivity contribution is 6.30.